The fourth-order valence-corrected chi connectivity index (χ4v) is 5.88. The Bertz CT molecular complexity index is 1140. The molecule has 186 valence electrons. The molecular formula is C28H36BrN5O. The molecule has 2 saturated heterocycles. The zero-order valence-electron chi connectivity index (χ0n) is 20.8. The van der Waals surface area contributed by atoms with Crippen molar-refractivity contribution in [3.63, 3.8) is 0 Å². The molecule has 0 saturated carbocycles. The van der Waals surface area contributed by atoms with Gasteiger partial charge in [0.1, 0.15) is 11.3 Å². The number of benzene rings is 1. The monoisotopic (exact) mass is 537 g/mol. The molecule has 2 aliphatic heterocycles. The highest BCUT2D eigenvalue weighted by atomic mass is 79.9. The molecule has 7 heteroatoms. The molecule has 2 aromatic heterocycles. The molecule has 2 aliphatic rings. The highest BCUT2D eigenvalue weighted by Crippen LogP contribution is 2.34. The van der Waals surface area contributed by atoms with Crippen LogP contribution < -0.4 is 5.32 Å². The Morgan fingerprint density at radius 2 is 1.57 bits per heavy atom. The van der Waals surface area contributed by atoms with E-state index in [4.69, 9.17) is 0 Å². The molecule has 3 aromatic rings. The number of aromatic nitrogens is 2. The van der Waals surface area contributed by atoms with E-state index in [1.165, 1.54) is 38.5 Å². The van der Waals surface area contributed by atoms with Crippen LogP contribution in [0.2, 0.25) is 0 Å². The van der Waals surface area contributed by atoms with Gasteiger partial charge in [-0.25, -0.2) is 0 Å². The van der Waals surface area contributed by atoms with Crippen molar-refractivity contribution < 1.29 is 5.11 Å². The summed E-state index contributed by atoms with van der Waals surface area (Å²) in [6.07, 6.45) is 11.1. The maximum atomic E-state index is 11.4. The van der Waals surface area contributed by atoms with Crippen LogP contribution in [0.5, 0.6) is 5.75 Å². The quantitative estimate of drug-likeness (QED) is 0.345. The zero-order chi connectivity index (χ0) is 24.4. The van der Waals surface area contributed by atoms with Crippen molar-refractivity contribution in [2.24, 2.45) is 0 Å². The number of fused-ring (bicyclic) bond motifs is 1. The third-order valence-electron chi connectivity index (χ3n) is 7.72. The van der Waals surface area contributed by atoms with Gasteiger partial charge in [0.25, 0.3) is 0 Å². The first-order valence-electron chi connectivity index (χ1n) is 13.0. The van der Waals surface area contributed by atoms with E-state index >= 15 is 0 Å². The number of rotatable bonds is 6. The molecule has 35 heavy (non-hydrogen) atoms. The van der Waals surface area contributed by atoms with Gasteiger partial charge < -0.3 is 10.4 Å². The second kappa shape index (κ2) is 10.8. The summed E-state index contributed by atoms with van der Waals surface area (Å²) in [5.41, 5.74) is 5.58. The van der Waals surface area contributed by atoms with Crippen molar-refractivity contribution in [3.8, 4) is 5.75 Å². The molecule has 2 unspecified atom stereocenters. The van der Waals surface area contributed by atoms with Gasteiger partial charge in [0.2, 0.25) is 0 Å². The Labute approximate surface area is 216 Å². The topological polar surface area (TPSA) is 64.5 Å². The van der Waals surface area contributed by atoms with Crippen LogP contribution in [0.3, 0.4) is 0 Å². The first kappa shape index (κ1) is 24.5. The van der Waals surface area contributed by atoms with E-state index in [0.717, 1.165) is 64.2 Å². The molecule has 4 heterocycles. The van der Waals surface area contributed by atoms with Gasteiger partial charge in [-0.15, -0.1) is 0 Å². The van der Waals surface area contributed by atoms with Gasteiger partial charge in [0.05, 0.1) is 11.2 Å². The number of hydrogen-bond donors (Lipinski definition) is 2. The SMILES string of the molecule is CC1CCCCN1Cc1cc(Nc2ccnc3cc(Br)cnc23)cc(CN2CCCCC2C)c1O. The predicted molar refractivity (Wildman–Crippen MR) is 146 cm³/mol. The van der Waals surface area contributed by atoms with Crippen molar-refractivity contribution in [3.05, 3.63) is 52.3 Å². The van der Waals surface area contributed by atoms with Crippen LogP contribution >= 0.6 is 15.9 Å². The van der Waals surface area contributed by atoms with Crippen LogP contribution in [0.1, 0.15) is 63.5 Å². The summed E-state index contributed by atoms with van der Waals surface area (Å²) >= 11 is 3.49. The van der Waals surface area contributed by atoms with E-state index in [9.17, 15) is 5.11 Å². The number of anilines is 2. The van der Waals surface area contributed by atoms with Gasteiger partial charge in [-0.2, -0.15) is 0 Å². The smallest absolute Gasteiger partial charge is 0.124 e. The molecule has 1 aromatic carbocycles. The predicted octanol–water partition coefficient (Wildman–Crippen LogP) is 6.59. The van der Waals surface area contributed by atoms with Gasteiger partial charge in [-0.3, -0.25) is 19.8 Å². The van der Waals surface area contributed by atoms with Crippen molar-refractivity contribution in [2.75, 3.05) is 18.4 Å². The Morgan fingerprint density at radius 3 is 2.17 bits per heavy atom. The molecule has 0 radical (unpaired) electrons. The molecule has 0 aliphatic carbocycles. The van der Waals surface area contributed by atoms with E-state index in [-0.39, 0.29) is 0 Å². The Morgan fingerprint density at radius 1 is 0.943 bits per heavy atom. The molecule has 0 spiro atoms. The van der Waals surface area contributed by atoms with Crippen LogP contribution in [0, 0.1) is 0 Å². The first-order chi connectivity index (χ1) is 17.0. The summed E-state index contributed by atoms with van der Waals surface area (Å²) in [7, 11) is 0. The lowest BCUT2D eigenvalue weighted by Gasteiger charge is -2.35. The number of nitrogens with zero attached hydrogens (tertiary/aromatic N) is 4. The number of phenols is 1. The molecule has 2 N–H and O–H groups in total. The van der Waals surface area contributed by atoms with Crippen LogP contribution in [0.4, 0.5) is 11.4 Å². The molecule has 5 rings (SSSR count). The average Bonchev–Trinajstić information content (AvgIpc) is 2.84. The second-order valence-electron chi connectivity index (χ2n) is 10.3. The molecule has 0 bridgehead atoms. The highest BCUT2D eigenvalue weighted by molar-refractivity contribution is 9.10. The van der Waals surface area contributed by atoms with E-state index in [0.29, 0.717) is 17.8 Å². The number of halogens is 1. The first-order valence-corrected chi connectivity index (χ1v) is 13.8. The molecular weight excluding hydrogens is 502 g/mol. The molecule has 0 amide bonds. The number of phenolic OH excluding ortho intramolecular Hbond substituents is 1. The number of nitrogens with one attached hydrogen (secondary N) is 1. The number of piperidine rings is 2. The van der Waals surface area contributed by atoms with Crippen LogP contribution in [0.25, 0.3) is 11.0 Å². The summed E-state index contributed by atoms with van der Waals surface area (Å²) in [4.78, 5) is 14.1. The fraction of sp³-hybridized carbons (Fsp3) is 0.500. The second-order valence-corrected chi connectivity index (χ2v) is 11.2. The minimum atomic E-state index is 0.452. The Hall–Kier alpha value is -2.22. The van der Waals surface area contributed by atoms with Gasteiger partial charge in [-0.05, 0) is 92.8 Å². The number of aromatic hydroxyl groups is 1. The maximum Gasteiger partial charge on any atom is 0.124 e. The van der Waals surface area contributed by atoms with Crippen LogP contribution in [-0.2, 0) is 13.1 Å². The van der Waals surface area contributed by atoms with Gasteiger partial charge in [0, 0.05) is 58.9 Å². The minimum absolute atomic E-state index is 0.452. The van der Waals surface area contributed by atoms with Gasteiger partial charge >= 0.3 is 0 Å². The van der Waals surface area contributed by atoms with E-state index in [1.807, 2.05) is 18.3 Å². The maximum absolute atomic E-state index is 11.4. The standard InChI is InChI=1S/C28H36BrN5O/c1-19-7-3-5-11-33(19)17-21-13-24(14-22(28(21)35)18-34-12-6-4-8-20(34)2)32-25-9-10-30-26-15-23(29)16-31-27(25)26/h9-10,13-16,19-20,35H,3-8,11-12,17-18H2,1-2H3,(H,30,32). The molecule has 6 nitrogen and oxygen atoms in total. The van der Waals surface area contributed by atoms with E-state index in [1.54, 1.807) is 6.20 Å². The number of pyridine rings is 2. The van der Waals surface area contributed by atoms with Crippen molar-refractivity contribution in [1.82, 2.24) is 19.8 Å². The number of hydrogen-bond acceptors (Lipinski definition) is 6. The number of likely N-dealkylation sites (tertiary alicyclic amines) is 2. The van der Waals surface area contributed by atoms with Crippen LogP contribution in [-0.4, -0.2) is 50.0 Å². The lowest BCUT2D eigenvalue weighted by Crippen LogP contribution is -2.37. The normalized spacial score (nSPS) is 21.9. The van der Waals surface area contributed by atoms with Gasteiger partial charge in [-0.1, -0.05) is 12.8 Å². The van der Waals surface area contributed by atoms with Crippen molar-refractivity contribution >= 4 is 38.3 Å². The summed E-state index contributed by atoms with van der Waals surface area (Å²) < 4.78 is 0.912. The van der Waals surface area contributed by atoms with E-state index in [2.05, 4.69) is 67.0 Å². The van der Waals surface area contributed by atoms with Crippen molar-refractivity contribution in [2.45, 2.75) is 77.5 Å². The zero-order valence-corrected chi connectivity index (χ0v) is 22.4. The Kier molecular flexibility index (Phi) is 7.56. The fourth-order valence-electron chi connectivity index (χ4n) is 5.56. The Balaban J connectivity index is 1.49. The summed E-state index contributed by atoms with van der Waals surface area (Å²) in [5, 5.41) is 15.0. The highest BCUT2D eigenvalue weighted by Gasteiger charge is 2.23. The third kappa shape index (κ3) is 5.63. The lowest BCUT2D eigenvalue weighted by atomic mass is 9.99. The molecule has 2 atom stereocenters. The molecule has 2 fully saturated rings. The van der Waals surface area contributed by atoms with Gasteiger partial charge in [0.15, 0.2) is 0 Å². The lowest BCUT2D eigenvalue weighted by molar-refractivity contribution is 0.147. The average molecular weight is 539 g/mol. The van der Waals surface area contributed by atoms with E-state index < -0.39 is 0 Å². The van der Waals surface area contributed by atoms with Crippen molar-refractivity contribution in [1.29, 1.82) is 0 Å². The van der Waals surface area contributed by atoms with Crippen LogP contribution in [0.15, 0.2) is 41.1 Å². The minimum Gasteiger partial charge on any atom is -0.507 e. The third-order valence-corrected chi connectivity index (χ3v) is 8.15. The largest absolute Gasteiger partial charge is 0.507 e. The summed E-state index contributed by atoms with van der Waals surface area (Å²) in [5.74, 6) is 0.452. The summed E-state index contributed by atoms with van der Waals surface area (Å²) in [6, 6.07) is 9.26. The summed E-state index contributed by atoms with van der Waals surface area (Å²) in [6.45, 7) is 8.33.